The molecule has 16 heavy (non-hydrogen) atoms. The average Bonchev–Trinajstić information content (AvgIpc) is 2.66. The van der Waals surface area contributed by atoms with Crippen molar-refractivity contribution in [2.24, 2.45) is 0 Å². The van der Waals surface area contributed by atoms with Gasteiger partial charge in [-0.1, -0.05) is 19.3 Å². The topological polar surface area (TPSA) is 32.3 Å². The van der Waals surface area contributed by atoms with Crippen LogP contribution in [0.2, 0.25) is 0 Å². The minimum Gasteiger partial charge on any atom is -0.341 e. The minimum atomic E-state index is 0.345. The molecule has 3 nitrogen and oxygen atoms in total. The molecular formula is C13H24N2O. The Labute approximate surface area is 98.6 Å². The van der Waals surface area contributed by atoms with Crippen LogP contribution in [0.5, 0.6) is 0 Å². The first-order valence-electron chi connectivity index (χ1n) is 6.79. The fourth-order valence-electron chi connectivity index (χ4n) is 2.95. The zero-order valence-electron chi connectivity index (χ0n) is 10.4. The lowest BCUT2D eigenvalue weighted by Crippen LogP contribution is -2.44. The zero-order chi connectivity index (χ0) is 11.4. The lowest BCUT2D eigenvalue weighted by Gasteiger charge is -2.29. The van der Waals surface area contributed by atoms with E-state index >= 15 is 0 Å². The molecule has 1 unspecified atom stereocenters. The third kappa shape index (κ3) is 3.21. The standard InChI is InChI=1S/C13H24N2O/c1-11(10-15-9-5-8-13(15)16)14-12-6-3-2-4-7-12/h11-12,14H,2-10H2,1H3. The summed E-state index contributed by atoms with van der Waals surface area (Å²) in [4.78, 5) is 13.5. The maximum absolute atomic E-state index is 11.5. The van der Waals surface area contributed by atoms with Crippen LogP contribution < -0.4 is 5.32 Å². The highest BCUT2D eigenvalue weighted by atomic mass is 16.2. The van der Waals surface area contributed by atoms with Crippen molar-refractivity contribution in [2.45, 2.75) is 64.0 Å². The Bertz CT molecular complexity index is 236. The monoisotopic (exact) mass is 224 g/mol. The molecule has 2 rings (SSSR count). The van der Waals surface area contributed by atoms with Crippen molar-refractivity contribution in [2.75, 3.05) is 13.1 Å². The van der Waals surface area contributed by atoms with Gasteiger partial charge in [0, 0.05) is 31.6 Å². The van der Waals surface area contributed by atoms with Crippen molar-refractivity contribution in [3.63, 3.8) is 0 Å². The summed E-state index contributed by atoms with van der Waals surface area (Å²) in [6.07, 6.45) is 8.58. The Balaban J connectivity index is 1.70. The van der Waals surface area contributed by atoms with Gasteiger partial charge in [-0.2, -0.15) is 0 Å². The molecule has 1 aliphatic carbocycles. The van der Waals surface area contributed by atoms with Gasteiger partial charge in [0.05, 0.1) is 0 Å². The Morgan fingerprint density at radius 3 is 2.69 bits per heavy atom. The molecule has 0 radical (unpaired) electrons. The predicted molar refractivity (Wildman–Crippen MR) is 65.3 cm³/mol. The predicted octanol–water partition coefficient (Wildman–Crippen LogP) is 1.92. The average molecular weight is 224 g/mol. The first-order chi connectivity index (χ1) is 7.75. The summed E-state index contributed by atoms with van der Waals surface area (Å²) in [5.41, 5.74) is 0. The van der Waals surface area contributed by atoms with Gasteiger partial charge in [0.2, 0.25) is 5.91 Å². The summed E-state index contributed by atoms with van der Waals surface area (Å²) in [6.45, 7) is 4.07. The maximum atomic E-state index is 11.5. The zero-order valence-corrected chi connectivity index (χ0v) is 10.4. The lowest BCUT2D eigenvalue weighted by atomic mass is 9.95. The quantitative estimate of drug-likeness (QED) is 0.791. The van der Waals surface area contributed by atoms with Crippen molar-refractivity contribution < 1.29 is 4.79 Å². The SMILES string of the molecule is CC(CN1CCCC1=O)NC1CCCCC1. The van der Waals surface area contributed by atoms with Crippen LogP contribution in [0.3, 0.4) is 0 Å². The molecule has 1 aliphatic heterocycles. The number of hydrogen-bond donors (Lipinski definition) is 1. The van der Waals surface area contributed by atoms with E-state index in [1.807, 2.05) is 4.90 Å². The number of amides is 1. The number of likely N-dealkylation sites (tertiary alicyclic amines) is 1. The van der Waals surface area contributed by atoms with E-state index in [-0.39, 0.29) is 0 Å². The van der Waals surface area contributed by atoms with Gasteiger partial charge in [0.25, 0.3) is 0 Å². The number of carbonyl (C=O) groups is 1. The molecule has 0 aromatic heterocycles. The molecule has 0 aromatic rings. The second-order valence-corrected chi connectivity index (χ2v) is 5.35. The Hall–Kier alpha value is -0.570. The molecule has 0 bridgehead atoms. The Morgan fingerprint density at radius 2 is 2.06 bits per heavy atom. The minimum absolute atomic E-state index is 0.345. The lowest BCUT2D eigenvalue weighted by molar-refractivity contribution is -0.128. The molecule has 1 atom stereocenters. The van der Waals surface area contributed by atoms with Crippen molar-refractivity contribution in [3.05, 3.63) is 0 Å². The highest BCUT2D eigenvalue weighted by Gasteiger charge is 2.23. The normalized spacial score (nSPS) is 25.1. The van der Waals surface area contributed by atoms with Gasteiger partial charge in [0.15, 0.2) is 0 Å². The molecule has 1 N–H and O–H groups in total. The molecule has 1 saturated heterocycles. The van der Waals surface area contributed by atoms with Gasteiger partial charge in [-0.15, -0.1) is 0 Å². The molecule has 2 fully saturated rings. The van der Waals surface area contributed by atoms with E-state index in [1.54, 1.807) is 0 Å². The van der Waals surface area contributed by atoms with Gasteiger partial charge < -0.3 is 10.2 Å². The summed E-state index contributed by atoms with van der Waals surface area (Å²) >= 11 is 0. The largest absolute Gasteiger partial charge is 0.341 e. The number of hydrogen-bond acceptors (Lipinski definition) is 2. The number of nitrogens with zero attached hydrogens (tertiary/aromatic N) is 1. The van der Waals surface area contributed by atoms with E-state index in [0.717, 1.165) is 25.9 Å². The fraction of sp³-hybridized carbons (Fsp3) is 0.923. The molecule has 3 heteroatoms. The molecule has 0 aromatic carbocycles. The molecule has 0 spiro atoms. The van der Waals surface area contributed by atoms with Crippen LogP contribution in [-0.4, -0.2) is 36.0 Å². The number of carbonyl (C=O) groups excluding carboxylic acids is 1. The highest BCUT2D eigenvalue weighted by Crippen LogP contribution is 2.18. The number of nitrogens with one attached hydrogen (secondary N) is 1. The van der Waals surface area contributed by atoms with Crippen LogP contribution in [0.25, 0.3) is 0 Å². The van der Waals surface area contributed by atoms with Gasteiger partial charge in [-0.05, 0) is 26.2 Å². The summed E-state index contributed by atoms with van der Waals surface area (Å²) in [5, 5.41) is 3.67. The molecule has 92 valence electrons. The fourth-order valence-corrected chi connectivity index (χ4v) is 2.95. The van der Waals surface area contributed by atoms with Gasteiger partial charge in [0.1, 0.15) is 0 Å². The second kappa shape index (κ2) is 5.67. The van der Waals surface area contributed by atoms with Crippen LogP contribution in [0, 0.1) is 0 Å². The first-order valence-corrected chi connectivity index (χ1v) is 6.79. The summed E-state index contributed by atoms with van der Waals surface area (Å²) in [7, 11) is 0. The van der Waals surface area contributed by atoms with E-state index in [0.29, 0.717) is 18.0 Å². The second-order valence-electron chi connectivity index (χ2n) is 5.35. The maximum Gasteiger partial charge on any atom is 0.222 e. The number of rotatable bonds is 4. The third-order valence-electron chi connectivity index (χ3n) is 3.79. The van der Waals surface area contributed by atoms with E-state index in [1.165, 1.54) is 32.1 Å². The summed E-state index contributed by atoms with van der Waals surface area (Å²) < 4.78 is 0. The smallest absolute Gasteiger partial charge is 0.222 e. The molecule has 1 amide bonds. The molecule has 2 aliphatic rings. The summed E-state index contributed by atoms with van der Waals surface area (Å²) in [6, 6.07) is 1.15. The molecule has 1 saturated carbocycles. The van der Waals surface area contributed by atoms with Crippen molar-refractivity contribution in [3.8, 4) is 0 Å². The van der Waals surface area contributed by atoms with E-state index in [2.05, 4.69) is 12.2 Å². The highest BCUT2D eigenvalue weighted by molar-refractivity contribution is 5.78. The van der Waals surface area contributed by atoms with E-state index in [9.17, 15) is 4.79 Å². The Morgan fingerprint density at radius 1 is 1.31 bits per heavy atom. The van der Waals surface area contributed by atoms with Gasteiger partial charge >= 0.3 is 0 Å². The van der Waals surface area contributed by atoms with Crippen LogP contribution in [-0.2, 0) is 4.79 Å². The third-order valence-corrected chi connectivity index (χ3v) is 3.79. The van der Waals surface area contributed by atoms with Gasteiger partial charge in [-0.25, -0.2) is 0 Å². The first kappa shape index (κ1) is 11.9. The van der Waals surface area contributed by atoms with E-state index in [4.69, 9.17) is 0 Å². The van der Waals surface area contributed by atoms with Crippen molar-refractivity contribution in [1.82, 2.24) is 10.2 Å². The van der Waals surface area contributed by atoms with Crippen LogP contribution in [0.1, 0.15) is 51.9 Å². The van der Waals surface area contributed by atoms with Crippen molar-refractivity contribution >= 4 is 5.91 Å². The van der Waals surface area contributed by atoms with Crippen molar-refractivity contribution in [1.29, 1.82) is 0 Å². The molecule has 1 heterocycles. The Kier molecular flexibility index (Phi) is 4.22. The van der Waals surface area contributed by atoms with Crippen LogP contribution >= 0.6 is 0 Å². The van der Waals surface area contributed by atoms with E-state index < -0.39 is 0 Å². The van der Waals surface area contributed by atoms with Gasteiger partial charge in [-0.3, -0.25) is 4.79 Å². The van der Waals surface area contributed by atoms with Crippen LogP contribution in [0.4, 0.5) is 0 Å². The summed E-state index contributed by atoms with van der Waals surface area (Å²) in [5.74, 6) is 0.345. The van der Waals surface area contributed by atoms with Crippen LogP contribution in [0.15, 0.2) is 0 Å². The molecular weight excluding hydrogens is 200 g/mol.